The standard InChI is InChI=1S/C30H40F3N3O4S/c1-27(2)25(22-5-3-20(4-6-22)21-7-10-36(11-8-21)12-9-30(31,32)33)41(38,39)35-24(40-27)17-28-14-19-13-23(28)16-29(15-19,18-28)26(34)37/h3-6,17,19,21,23,25,35H,7-16,18H2,1-2H3,(H2,34,37)/b24-17+/t19?,23?,25-,28?,29?/m1/s1. The molecule has 11 heteroatoms. The second-order valence-electron chi connectivity index (χ2n) is 13.9. The van der Waals surface area contributed by atoms with Gasteiger partial charge in [-0.15, -0.1) is 0 Å². The molecule has 5 atom stereocenters. The van der Waals surface area contributed by atoms with Crippen LogP contribution in [0.2, 0.25) is 0 Å². The van der Waals surface area contributed by atoms with Gasteiger partial charge in [-0.2, -0.15) is 13.2 Å². The fourth-order valence-electron chi connectivity index (χ4n) is 9.03. The second kappa shape index (κ2) is 9.62. The Kier molecular flexibility index (Phi) is 6.77. The maximum atomic E-state index is 13.7. The van der Waals surface area contributed by atoms with Crippen molar-refractivity contribution in [1.82, 2.24) is 9.62 Å². The maximum absolute atomic E-state index is 13.7. The highest BCUT2D eigenvalue weighted by atomic mass is 32.2. The fourth-order valence-corrected chi connectivity index (χ4v) is 10.8. The number of nitrogens with two attached hydrogens (primary N) is 1. The molecule has 4 bridgehead atoms. The van der Waals surface area contributed by atoms with E-state index in [2.05, 4.69) is 4.72 Å². The zero-order valence-electron chi connectivity index (χ0n) is 23.7. The molecule has 7 nitrogen and oxygen atoms in total. The van der Waals surface area contributed by atoms with Crippen molar-refractivity contribution >= 4 is 15.9 Å². The van der Waals surface area contributed by atoms with E-state index >= 15 is 0 Å². The van der Waals surface area contributed by atoms with Gasteiger partial charge in [0, 0.05) is 6.54 Å². The van der Waals surface area contributed by atoms with E-state index in [1.807, 2.05) is 35.2 Å². The van der Waals surface area contributed by atoms with Gasteiger partial charge in [0.05, 0.1) is 11.8 Å². The van der Waals surface area contributed by atoms with Crippen molar-refractivity contribution in [2.45, 2.75) is 88.2 Å². The Morgan fingerprint density at radius 3 is 2.39 bits per heavy atom. The minimum atomic E-state index is -4.14. The number of nitrogens with zero attached hydrogens (tertiary/aromatic N) is 1. The molecule has 4 aliphatic carbocycles. The SMILES string of the molecule is CC1(C)O/C(=C/C23CC4CC2CC(C(N)=O)(C4)C3)NS(=O)(=O)[C@@H]1c1ccc(C2CCN(CCC(F)(F)F)CC2)cc1. The number of likely N-dealkylation sites (tertiary alicyclic amines) is 1. The van der Waals surface area contributed by atoms with E-state index in [0.717, 1.165) is 44.1 Å². The van der Waals surface area contributed by atoms with E-state index in [9.17, 15) is 26.4 Å². The van der Waals surface area contributed by atoms with Crippen molar-refractivity contribution in [3.63, 3.8) is 0 Å². The number of carbonyl (C=O) groups is 1. The van der Waals surface area contributed by atoms with E-state index in [1.54, 1.807) is 13.8 Å². The monoisotopic (exact) mass is 595 g/mol. The number of rotatable bonds is 6. The summed E-state index contributed by atoms with van der Waals surface area (Å²) in [4.78, 5) is 14.2. The summed E-state index contributed by atoms with van der Waals surface area (Å²) in [5.74, 6) is 0.963. The molecular formula is C30H40F3N3O4S. The number of alkyl halides is 3. The van der Waals surface area contributed by atoms with Gasteiger partial charge in [0.15, 0.2) is 5.88 Å². The number of hydrogen-bond acceptors (Lipinski definition) is 5. The fraction of sp³-hybridized carbons (Fsp3) is 0.700. The number of primary amides is 1. The second-order valence-corrected chi connectivity index (χ2v) is 15.6. The maximum Gasteiger partial charge on any atom is 0.390 e. The first-order valence-electron chi connectivity index (χ1n) is 14.7. The molecule has 226 valence electrons. The first-order valence-corrected chi connectivity index (χ1v) is 16.3. The van der Waals surface area contributed by atoms with Crippen LogP contribution in [0.25, 0.3) is 0 Å². The van der Waals surface area contributed by atoms with Gasteiger partial charge in [-0.1, -0.05) is 24.3 Å². The Hall–Kier alpha value is -2.27. The lowest BCUT2D eigenvalue weighted by Gasteiger charge is -2.42. The third-order valence-electron chi connectivity index (χ3n) is 10.6. The van der Waals surface area contributed by atoms with Crippen LogP contribution in [0.3, 0.4) is 0 Å². The number of ether oxygens (including phenoxy) is 1. The molecule has 6 fully saturated rings. The van der Waals surface area contributed by atoms with Crippen LogP contribution in [0.4, 0.5) is 13.2 Å². The van der Waals surface area contributed by atoms with Crippen molar-refractivity contribution in [2.24, 2.45) is 28.4 Å². The van der Waals surface area contributed by atoms with Gasteiger partial charge >= 0.3 is 6.18 Å². The number of nitrogens with one attached hydrogen (secondary N) is 1. The van der Waals surface area contributed by atoms with Gasteiger partial charge in [0.2, 0.25) is 15.9 Å². The summed E-state index contributed by atoms with van der Waals surface area (Å²) < 4.78 is 74.1. The summed E-state index contributed by atoms with van der Waals surface area (Å²) in [5.41, 5.74) is 5.71. The molecule has 0 aromatic heterocycles. The quantitative estimate of drug-likeness (QED) is 0.476. The lowest BCUT2D eigenvalue weighted by atomic mass is 9.66. The average molecular weight is 596 g/mol. The first kappa shape index (κ1) is 28.8. The topological polar surface area (TPSA) is 102 Å². The smallest absolute Gasteiger partial charge is 0.390 e. The Labute approximate surface area is 240 Å². The zero-order valence-corrected chi connectivity index (χ0v) is 24.5. The number of piperidine rings is 1. The number of benzene rings is 1. The van der Waals surface area contributed by atoms with Crippen molar-refractivity contribution in [1.29, 1.82) is 0 Å². The molecule has 0 spiro atoms. The highest BCUT2D eigenvalue weighted by Gasteiger charge is 2.65. The van der Waals surface area contributed by atoms with Crippen LogP contribution in [0, 0.1) is 22.7 Å². The minimum Gasteiger partial charge on any atom is -0.471 e. The number of halogens is 3. The molecule has 3 N–H and O–H groups in total. The predicted molar refractivity (Wildman–Crippen MR) is 148 cm³/mol. The lowest BCUT2D eigenvalue weighted by Crippen LogP contribution is -2.49. The summed E-state index contributed by atoms with van der Waals surface area (Å²) >= 11 is 0. The van der Waals surface area contributed by atoms with E-state index in [1.165, 1.54) is 0 Å². The highest BCUT2D eigenvalue weighted by Crippen LogP contribution is 2.71. The van der Waals surface area contributed by atoms with Crippen LogP contribution in [0.15, 0.2) is 36.2 Å². The predicted octanol–water partition coefficient (Wildman–Crippen LogP) is 5.11. The van der Waals surface area contributed by atoms with E-state index < -0.39 is 38.9 Å². The number of carbonyl (C=O) groups excluding carboxylic acids is 1. The van der Waals surface area contributed by atoms with Gasteiger partial charge < -0.3 is 15.4 Å². The molecule has 2 saturated heterocycles. The molecule has 1 aromatic carbocycles. The van der Waals surface area contributed by atoms with E-state index in [4.69, 9.17) is 10.5 Å². The van der Waals surface area contributed by atoms with Crippen molar-refractivity contribution in [2.75, 3.05) is 19.6 Å². The molecule has 1 aromatic rings. The van der Waals surface area contributed by atoms with Gasteiger partial charge in [-0.25, -0.2) is 8.42 Å². The first-order chi connectivity index (χ1) is 19.1. The number of hydrogen-bond donors (Lipinski definition) is 2. The molecule has 7 rings (SSSR count). The Bertz CT molecular complexity index is 1340. The molecule has 6 aliphatic rings. The highest BCUT2D eigenvalue weighted by molar-refractivity contribution is 7.90. The third-order valence-corrected chi connectivity index (χ3v) is 12.5. The lowest BCUT2D eigenvalue weighted by molar-refractivity contribution is -0.138. The van der Waals surface area contributed by atoms with Crippen LogP contribution in [-0.2, 0) is 19.6 Å². The summed E-state index contributed by atoms with van der Waals surface area (Å²) in [6, 6.07) is 7.56. The summed E-state index contributed by atoms with van der Waals surface area (Å²) in [6.07, 6.45) is 2.76. The Balaban J connectivity index is 1.15. The molecular weight excluding hydrogens is 555 g/mol. The molecule has 41 heavy (non-hydrogen) atoms. The van der Waals surface area contributed by atoms with Crippen LogP contribution < -0.4 is 10.5 Å². The minimum absolute atomic E-state index is 0.0294. The van der Waals surface area contributed by atoms with Crippen LogP contribution in [0.5, 0.6) is 0 Å². The Morgan fingerprint density at radius 2 is 1.78 bits per heavy atom. The summed E-state index contributed by atoms with van der Waals surface area (Å²) in [7, 11) is -3.84. The third kappa shape index (κ3) is 5.26. The summed E-state index contributed by atoms with van der Waals surface area (Å²) in [5, 5.41) is -0.934. The van der Waals surface area contributed by atoms with Crippen LogP contribution in [-0.4, -0.2) is 50.6 Å². The van der Waals surface area contributed by atoms with E-state index in [-0.39, 0.29) is 29.7 Å². The van der Waals surface area contributed by atoms with Crippen LogP contribution in [0.1, 0.15) is 87.5 Å². The molecule has 0 radical (unpaired) electrons. The molecule has 2 aliphatic heterocycles. The Morgan fingerprint density at radius 1 is 1.12 bits per heavy atom. The van der Waals surface area contributed by atoms with Gasteiger partial charge in [-0.05, 0) is 112 Å². The normalized spacial score (nSPS) is 37.2. The number of sulfonamides is 1. The van der Waals surface area contributed by atoms with Gasteiger partial charge in [-0.3, -0.25) is 9.52 Å². The molecule has 2 heterocycles. The van der Waals surface area contributed by atoms with Crippen LogP contribution >= 0.6 is 0 Å². The van der Waals surface area contributed by atoms with Crippen molar-refractivity contribution in [3.05, 3.63) is 47.4 Å². The van der Waals surface area contributed by atoms with Crippen molar-refractivity contribution < 1.29 is 31.1 Å². The van der Waals surface area contributed by atoms with Gasteiger partial charge in [0.1, 0.15) is 10.9 Å². The van der Waals surface area contributed by atoms with Crippen molar-refractivity contribution in [3.8, 4) is 0 Å². The molecule has 4 saturated carbocycles. The largest absolute Gasteiger partial charge is 0.471 e. The number of amides is 1. The molecule has 4 unspecified atom stereocenters. The summed E-state index contributed by atoms with van der Waals surface area (Å²) in [6.45, 7) is 4.83. The number of allylic oxidation sites excluding steroid dienone is 1. The zero-order chi connectivity index (χ0) is 29.4. The molecule has 1 amide bonds. The van der Waals surface area contributed by atoms with Gasteiger partial charge in [0.25, 0.3) is 0 Å². The average Bonchev–Trinajstić information content (AvgIpc) is 3.22. The van der Waals surface area contributed by atoms with E-state index in [0.29, 0.717) is 36.9 Å².